The van der Waals surface area contributed by atoms with Gasteiger partial charge in [0.25, 0.3) is 0 Å². The van der Waals surface area contributed by atoms with Crippen LogP contribution >= 0.6 is 0 Å². The van der Waals surface area contributed by atoms with Crippen molar-refractivity contribution in [2.75, 3.05) is 31.8 Å². The van der Waals surface area contributed by atoms with E-state index >= 15 is 0 Å². The average molecular weight is 371 g/mol. The molecule has 0 aromatic heterocycles. The quantitative estimate of drug-likeness (QED) is 0.550. The van der Waals surface area contributed by atoms with Gasteiger partial charge in [0.2, 0.25) is 12.7 Å². The maximum absolute atomic E-state index is 11.2. The molecule has 0 spiro atoms. The molecule has 7 nitrogen and oxygen atoms in total. The molecular weight excluding hydrogens is 346 g/mol. The van der Waals surface area contributed by atoms with Crippen LogP contribution in [0.15, 0.2) is 36.4 Å². The predicted octanol–water partition coefficient (Wildman–Crippen LogP) is 1.83. The molecule has 1 amide bonds. The molecule has 1 heterocycles. The van der Waals surface area contributed by atoms with Gasteiger partial charge in [-0.3, -0.25) is 4.79 Å². The van der Waals surface area contributed by atoms with Crippen LogP contribution in [0.2, 0.25) is 0 Å². The molecule has 0 fully saturated rings. The van der Waals surface area contributed by atoms with Gasteiger partial charge in [-0.1, -0.05) is 12.1 Å². The van der Waals surface area contributed by atoms with E-state index in [-0.39, 0.29) is 19.1 Å². The molecule has 1 aliphatic heterocycles. The van der Waals surface area contributed by atoms with Crippen molar-refractivity contribution >= 4 is 11.6 Å². The number of amides is 1. The monoisotopic (exact) mass is 371 g/mol. The van der Waals surface area contributed by atoms with E-state index < -0.39 is 0 Å². The molecule has 27 heavy (non-hydrogen) atoms. The Balaban J connectivity index is 1.57. The Morgan fingerprint density at radius 3 is 2.74 bits per heavy atom. The van der Waals surface area contributed by atoms with Crippen molar-refractivity contribution in [3.8, 4) is 17.2 Å². The van der Waals surface area contributed by atoms with Gasteiger partial charge < -0.3 is 31.0 Å². The molecule has 144 valence electrons. The lowest BCUT2D eigenvalue weighted by Crippen LogP contribution is -2.15. The first-order valence-corrected chi connectivity index (χ1v) is 9.02. The summed E-state index contributed by atoms with van der Waals surface area (Å²) >= 11 is 0. The van der Waals surface area contributed by atoms with E-state index in [4.69, 9.17) is 25.7 Å². The van der Waals surface area contributed by atoms with E-state index in [9.17, 15) is 4.79 Å². The van der Waals surface area contributed by atoms with Crippen molar-refractivity contribution in [2.24, 2.45) is 11.5 Å². The Bertz CT molecular complexity index is 795. The zero-order valence-electron chi connectivity index (χ0n) is 15.2. The number of hydrogen-bond acceptors (Lipinski definition) is 6. The summed E-state index contributed by atoms with van der Waals surface area (Å²) in [6.45, 7) is 1.91. The van der Waals surface area contributed by atoms with Crippen LogP contribution in [0.25, 0.3) is 0 Å². The minimum Gasteiger partial charge on any atom is -0.490 e. The smallest absolute Gasteiger partial charge is 0.231 e. The van der Waals surface area contributed by atoms with Crippen molar-refractivity contribution in [2.45, 2.75) is 19.3 Å². The van der Waals surface area contributed by atoms with Crippen LogP contribution in [0.5, 0.6) is 17.2 Å². The van der Waals surface area contributed by atoms with Crippen LogP contribution in [-0.4, -0.2) is 32.4 Å². The van der Waals surface area contributed by atoms with Crippen LogP contribution < -0.4 is 31.0 Å². The van der Waals surface area contributed by atoms with E-state index in [1.807, 2.05) is 30.3 Å². The lowest BCUT2D eigenvalue weighted by molar-refractivity contribution is -0.117. The molecule has 0 saturated heterocycles. The number of carbonyl (C=O) groups excluding carboxylic acids is 1. The largest absolute Gasteiger partial charge is 0.490 e. The molecule has 5 N–H and O–H groups in total. The van der Waals surface area contributed by atoms with Gasteiger partial charge in [-0.05, 0) is 48.2 Å². The van der Waals surface area contributed by atoms with Crippen molar-refractivity contribution in [3.05, 3.63) is 47.5 Å². The summed E-state index contributed by atoms with van der Waals surface area (Å²) in [4.78, 5) is 11.2. The Hall–Kier alpha value is -2.93. The molecular formula is C20H25N3O4. The molecule has 0 bridgehead atoms. The van der Waals surface area contributed by atoms with E-state index in [1.165, 1.54) is 5.56 Å². The maximum Gasteiger partial charge on any atom is 0.231 e. The van der Waals surface area contributed by atoms with Crippen LogP contribution in [0, 0.1) is 0 Å². The lowest BCUT2D eigenvalue weighted by atomic mass is 10.1. The highest BCUT2D eigenvalue weighted by atomic mass is 16.7. The summed E-state index contributed by atoms with van der Waals surface area (Å²) in [5, 5.41) is 3.38. The summed E-state index contributed by atoms with van der Waals surface area (Å²) in [6, 6.07) is 11.6. The van der Waals surface area contributed by atoms with Gasteiger partial charge >= 0.3 is 0 Å². The second-order valence-corrected chi connectivity index (χ2v) is 6.33. The Kier molecular flexibility index (Phi) is 6.38. The minimum atomic E-state index is -0.362. The maximum atomic E-state index is 11.2. The minimum absolute atomic E-state index is 0.197. The van der Waals surface area contributed by atoms with Crippen molar-refractivity contribution in [1.82, 2.24) is 0 Å². The highest BCUT2D eigenvalue weighted by Crippen LogP contribution is 2.33. The number of aryl methyl sites for hydroxylation is 1. The van der Waals surface area contributed by atoms with Gasteiger partial charge in [0.15, 0.2) is 11.5 Å². The van der Waals surface area contributed by atoms with Crippen LogP contribution in [-0.2, 0) is 17.6 Å². The summed E-state index contributed by atoms with van der Waals surface area (Å²) in [7, 11) is 0. The van der Waals surface area contributed by atoms with Crippen LogP contribution in [0.1, 0.15) is 17.5 Å². The molecule has 0 aliphatic carbocycles. The summed E-state index contributed by atoms with van der Waals surface area (Å²) in [5.74, 6) is 1.96. The van der Waals surface area contributed by atoms with Crippen molar-refractivity contribution in [1.29, 1.82) is 0 Å². The fourth-order valence-corrected chi connectivity index (χ4v) is 2.93. The average Bonchev–Trinajstić information content (AvgIpc) is 3.12. The number of nitrogens with one attached hydrogen (secondary N) is 1. The fraction of sp³-hybridized carbons (Fsp3) is 0.350. The first-order chi connectivity index (χ1) is 13.2. The summed E-state index contributed by atoms with van der Waals surface area (Å²) in [5.41, 5.74) is 13.7. The molecule has 1 aliphatic rings. The first kappa shape index (κ1) is 18.8. The number of primary amides is 1. The number of fused-ring (bicyclic) bond motifs is 1. The second-order valence-electron chi connectivity index (χ2n) is 6.33. The Morgan fingerprint density at radius 1 is 1.11 bits per heavy atom. The van der Waals surface area contributed by atoms with Gasteiger partial charge in [-0.25, -0.2) is 0 Å². The van der Waals surface area contributed by atoms with Gasteiger partial charge in [0.05, 0.1) is 12.1 Å². The zero-order chi connectivity index (χ0) is 19.1. The standard InChI is InChI=1S/C20H25N3O4/c21-7-9-25-17-5-4-15(12-20(22)24)10-16(17)23-8-1-2-14-3-6-18-19(11-14)27-13-26-18/h3-6,10-11,23H,1-2,7-9,12-13,21H2,(H2,22,24). The molecule has 2 aromatic carbocycles. The molecule has 0 unspecified atom stereocenters. The molecule has 0 saturated carbocycles. The number of carbonyl (C=O) groups is 1. The zero-order valence-corrected chi connectivity index (χ0v) is 15.2. The molecule has 2 aromatic rings. The third-order valence-corrected chi connectivity index (χ3v) is 4.19. The summed E-state index contributed by atoms with van der Waals surface area (Å²) in [6.07, 6.45) is 2.03. The first-order valence-electron chi connectivity index (χ1n) is 9.02. The third-order valence-electron chi connectivity index (χ3n) is 4.19. The number of ether oxygens (including phenoxy) is 3. The lowest BCUT2D eigenvalue weighted by Gasteiger charge is -2.14. The second kappa shape index (κ2) is 9.14. The number of benzene rings is 2. The van der Waals surface area contributed by atoms with Gasteiger partial charge in [0, 0.05) is 13.1 Å². The molecule has 7 heteroatoms. The van der Waals surface area contributed by atoms with Crippen LogP contribution in [0.3, 0.4) is 0 Å². The summed E-state index contributed by atoms with van der Waals surface area (Å²) < 4.78 is 16.4. The Morgan fingerprint density at radius 2 is 1.93 bits per heavy atom. The van der Waals surface area contributed by atoms with E-state index in [2.05, 4.69) is 11.4 Å². The fourth-order valence-electron chi connectivity index (χ4n) is 2.93. The predicted molar refractivity (Wildman–Crippen MR) is 103 cm³/mol. The van der Waals surface area contributed by atoms with Gasteiger partial charge in [-0.15, -0.1) is 0 Å². The van der Waals surface area contributed by atoms with E-state index in [0.29, 0.717) is 13.2 Å². The van der Waals surface area contributed by atoms with E-state index in [0.717, 1.165) is 47.9 Å². The number of hydrogen-bond donors (Lipinski definition) is 3. The van der Waals surface area contributed by atoms with E-state index in [1.54, 1.807) is 0 Å². The van der Waals surface area contributed by atoms with Gasteiger partial charge in [0.1, 0.15) is 12.4 Å². The number of nitrogens with two attached hydrogens (primary N) is 2. The Labute approximate surface area is 158 Å². The SMILES string of the molecule is NCCOc1ccc(CC(N)=O)cc1NCCCc1ccc2c(c1)OCO2. The molecule has 3 rings (SSSR count). The third kappa shape index (κ3) is 5.27. The van der Waals surface area contributed by atoms with Gasteiger partial charge in [-0.2, -0.15) is 0 Å². The molecule has 0 atom stereocenters. The highest BCUT2D eigenvalue weighted by Gasteiger charge is 2.13. The highest BCUT2D eigenvalue weighted by molar-refractivity contribution is 5.77. The number of anilines is 1. The topological polar surface area (TPSA) is 109 Å². The van der Waals surface area contributed by atoms with Crippen molar-refractivity contribution in [3.63, 3.8) is 0 Å². The normalized spacial score (nSPS) is 12.0. The number of rotatable bonds is 10. The molecule has 0 radical (unpaired) electrons. The van der Waals surface area contributed by atoms with Crippen molar-refractivity contribution < 1.29 is 19.0 Å². The van der Waals surface area contributed by atoms with Crippen LogP contribution in [0.4, 0.5) is 5.69 Å².